The molecule has 0 fully saturated rings. The number of nitrogens with one attached hydrogen (secondary N) is 1. The quantitative estimate of drug-likeness (QED) is 0.688. The molecule has 0 saturated carbocycles. The third kappa shape index (κ3) is 3.62. The topological polar surface area (TPSA) is 82.8 Å². The van der Waals surface area contributed by atoms with Crippen LogP contribution in [0.25, 0.3) is 11.3 Å². The summed E-state index contributed by atoms with van der Waals surface area (Å²) in [6.07, 6.45) is 0. The molecule has 1 N–H and O–H groups in total. The molecule has 0 aliphatic rings. The maximum absolute atomic E-state index is 13.6. The van der Waals surface area contributed by atoms with Gasteiger partial charge in [0, 0.05) is 23.4 Å². The summed E-state index contributed by atoms with van der Waals surface area (Å²) in [6, 6.07) is 8.99. The van der Waals surface area contributed by atoms with Crippen molar-refractivity contribution in [1.29, 1.82) is 0 Å². The fourth-order valence-electron chi connectivity index (χ4n) is 2.82. The van der Waals surface area contributed by atoms with Crippen LogP contribution in [-0.4, -0.2) is 32.4 Å². The average molecular weight is 386 g/mol. The number of carbonyl (C=O) groups excluding carboxylic acids is 1. The van der Waals surface area contributed by atoms with Crippen LogP contribution in [0.3, 0.4) is 0 Å². The molecule has 1 heterocycles. The Morgan fingerprint density at radius 1 is 1.07 bits per heavy atom. The van der Waals surface area contributed by atoms with E-state index in [1.165, 1.54) is 39.5 Å². The summed E-state index contributed by atoms with van der Waals surface area (Å²) in [7, 11) is 4.45. The summed E-state index contributed by atoms with van der Waals surface area (Å²) in [5, 5.41) is 6.68. The fraction of sp³-hybridized carbons (Fsp3) is 0.200. The van der Waals surface area contributed by atoms with E-state index in [0.717, 1.165) is 0 Å². The summed E-state index contributed by atoms with van der Waals surface area (Å²) in [5.74, 6) is 0.601. The van der Waals surface area contributed by atoms with Gasteiger partial charge in [0.2, 0.25) is 5.75 Å². The van der Waals surface area contributed by atoms with Gasteiger partial charge in [-0.1, -0.05) is 17.3 Å². The second-order valence-corrected chi connectivity index (χ2v) is 5.84. The van der Waals surface area contributed by atoms with Crippen LogP contribution in [0.5, 0.6) is 17.2 Å². The molecule has 8 heteroatoms. The number of methoxy groups -OCH3 is 3. The molecule has 0 aliphatic carbocycles. The van der Waals surface area contributed by atoms with Crippen LogP contribution < -0.4 is 19.5 Å². The van der Waals surface area contributed by atoms with Gasteiger partial charge in [-0.2, -0.15) is 0 Å². The van der Waals surface area contributed by atoms with Crippen molar-refractivity contribution in [3.63, 3.8) is 0 Å². The number of carbonyl (C=O) groups is 1. The summed E-state index contributed by atoms with van der Waals surface area (Å²) in [5.41, 5.74) is 1.32. The van der Waals surface area contributed by atoms with Crippen molar-refractivity contribution >= 4 is 11.6 Å². The molecule has 0 saturated heterocycles. The maximum Gasteiger partial charge on any atom is 0.261 e. The van der Waals surface area contributed by atoms with Crippen molar-refractivity contribution in [3.05, 3.63) is 53.5 Å². The van der Waals surface area contributed by atoms with E-state index < -0.39 is 11.7 Å². The van der Waals surface area contributed by atoms with E-state index in [1.807, 2.05) is 0 Å². The van der Waals surface area contributed by atoms with Crippen molar-refractivity contribution in [1.82, 2.24) is 5.16 Å². The Kier molecular flexibility index (Phi) is 5.49. The third-order valence-corrected chi connectivity index (χ3v) is 4.11. The van der Waals surface area contributed by atoms with Gasteiger partial charge in [0.1, 0.15) is 22.8 Å². The monoisotopic (exact) mass is 386 g/mol. The first-order valence-electron chi connectivity index (χ1n) is 8.32. The smallest absolute Gasteiger partial charge is 0.261 e. The van der Waals surface area contributed by atoms with Crippen molar-refractivity contribution in [2.45, 2.75) is 6.92 Å². The average Bonchev–Trinajstić information content (AvgIpc) is 3.08. The molecule has 146 valence electrons. The number of aryl methyl sites for hydroxylation is 1. The number of aromatic nitrogens is 1. The second kappa shape index (κ2) is 7.99. The summed E-state index contributed by atoms with van der Waals surface area (Å²) in [6.45, 7) is 1.61. The Balaban J connectivity index is 1.98. The number of nitrogens with zero attached hydrogens (tertiary/aromatic N) is 1. The van der Waals surface area contributed by atoms with Gasteiger partial charge in [-0.25, -0.2) is 4.39 Å². The molecule has 1 aromatic heterocycles. The Labute approximate surface area is 161 Å². The number of amides is 1. The van der Waals surface area contributed by atoms with Crippen LogP contribution in [0, 0.1) is 12.7 Å². The number of ether oxygens (including phenoxy) is 3. The van der Waals surface area contributed by atoms with Gasteiger partial charge in [0.25, 0.3) is 5.91 Å². The zero-order chi connectivity index (χ0) is 20.3. The molecule has 0 bridgehead atoms. The normalized spacial score (nSPS) is 10.5. The summed E-state index contributed by atoms with van der Waals surface area (Å²) >= 11 is 0. The highest BCUT2D eigenvalue weighted by molar-refractivity contribution is 6.09. The molecule has 0 aliphatic heterocycles. The predicted molar refractivity (Wildman–Crippen MR) is 101 cm³/mol. The molecule has 3 aromatic rings. The van der Waals surface area contributed by atoms with E-state index in [0.29, 0.717) is 34.3 Å². The predicted octanol–water partition coefficient (Wildman–Crippen LogP) is 4.07. The Morgan fingerprint density at radius 3 is 2.32 bits per heavy atom. The van der Waals surface area contributed by atoms with E-state index in [-0.39, 0.29) is 11.3 Å². The maximum atomic E-state index is 13.6. The number of anilines is 1. The molecule has 2 aromatic carbocycles. The Hall–Kier alpha value is -3.55. The number of benzene rings is 2. The van der Waals surface area contributed by atoms with E-state index in [4.69, 9.17) is 18.7 Å². The van der Waals surface area contributed by atoms with Crippen LogP contribution >= 0.6 is 0 Å². The Morgan fingerprint density at radius 2 is 1.75 bits per heavy atom. The highest BCUT2D eigenvalue weighted by Crippen LogP contribution is 2.40. The van der Waals surface area contributed by atoms with Gasteiger partial charge < -0.3 is 24.1 Å². The van der Waals surface area contributed by atoms with Crippen LogP contribution in [0.15, 0.2) is 40.9 Å². The van der Waals surface area contributed by atoms with Crippen LogP contribution in [0.2, 0.25) is 0 Å². The first-order valence-corrected chi connectivity index (χ1v) is 8.32. The van der Waals surface area contributed by atoms with Gasteiger partial charge in [-0.15, -0.1) is 0 Å². The van der Waals surface area contributed by atoms with Crippen molar-refractivity contribution in [3.8, 4) is 28.5 Å². The fourth-order valence-corrected chi connectivity index (χ4v) is 2.82. The van der Waals surface area contributed by atoms with Gasteiger partial charge in [-0.05, 0) is 19.1 Å². The minimum Gasteiger partial charge on any atom is -0.493 e. The first kappa shape index (κ1) is 19.2. The second-order valence-electron chi connectivity index (χ2n) is 5.84. The molecule has 3 rings (SSSR count). The van der Waals surface area contributed by atoms with Crippen molar-refractivity contribution < 1.29 is 27.9 Å². The highest BCUT2D eigenvalue weighted by atomic mass is 19.1. The Bertz CT molecular complexity index is 991. The lowest BCUT2D eigenvalue weighted by atomic mass is 10.1. The van der Waals surface area contributed by atoms with Gasteiger partial charge in [-0.3, -0.25) is 4.79 Å². The lowest BCUT2D eigenvalue weighted by Crippen LogP contribution is -2.14. The zero-order valence-corrected chi connectivity index (χ0v) is 15.8. The minimum absolute atomic E-state index is 0.208. The molecule has 1 amide bonds. The molecular weight excluding hydrogens is 367 g/mol. The van der Waals surface area contributed by atoms with Crippen LogP contribution in [0.4, 0.5) is 10.1 Å². The standard InChI is InChI=1S/C20H19FN2O5/c1-11-17(18(23-28-11)12-6-5-7-13(21)8-12)20(24)22-14-9-15(25-2)19(27-4)16(10-14)26-3/h5-10H,1-4H3,(H,22,24). The number of rotatable bonds is 6. The SMILES string of the molecule is COc1cc(NC(=O)c2c(-c3cccc(F)c3)noc2C)cc(OC)c1OC. The van der Waals surface area contributed by atoms with E-state index in [1.54, 1.807) is 25.1 Å². The van der Waals surface area contributed by atoms with Gasteiger partial charge >= 0.3 is 0 Å². The van der Waals surface area contributed by atoms with E-state index in [9.17, 15) is 9.18 Å². The van der Waals surface area contributed by atoms with Crippen LogP contribution in [-0.2, 0) is 0 Å². The minimum atomic E-state index is -0.465. The number of halogens is 1. The lowest BCUT2D eigenvalue weighted by Gasteiger charge is -2.14. The molecule has 0 spiro atoms. The van der Waals surface area contributed by atoms with Crippen LogP contribution in [0.1, 0.15) is 16.1 Å². The molecule has 0 atom stereocenters. The number of hydrogen-bond acceptors (Lipinski definition) is 6. The van der Waals surface area contributed by atoms with Gasteiger partial charge in [0.15, 0.2) is 11.5 Å². The van der Waals surface area contributed by atoms with E-state index in [2.05, 4.69) is 10.5 Å². The number of hydrogen-bond donors (Lipinski definition) is 1. The van der Waals surface area contributed by atoms with E-state index >= 15 is 0 Å². The molecule has 0 radical (unpaired) electrons. The lowest BCUT2D eigenvalue weighted by molar-refractivity contribution is 0.102. The molecule has 7 nitrogen and oxygen atoms in total. The third-order valence-electron chi connectivity index (χ3n) is 4.11. The van der Waals surface area contributed by atoms with Gasteiger partial charge in [0.05, 0.1) is 21.3 Å². The highest BCUT2D eigenvalue weighted by Gasteiger charge is 2.23. The van der Waals surface area contributed by atoms with Crippen molar-refractivity contribution in [2.75, 3.05) is 26.6 Å². The molecular formula is C20H19FN2O5. The molecule has 0 unspecified atom stereocenters. The summed E-state index contributed by atoms with van der Waals surface area (Å²) in [4.78, 5) is 12.9. The first-order chi connectivity index (χ1) is 13.5. The zero-order valence-electron chi connectivity index (χ0n) is 15.8. The largest absolute Gasteiger partial charge is 0.493 e. The summed E-state index contributed by atoms with van der Waals surface area (Å²) < 4.78 is 34.6. The van der Waals surface area contributed by atoms with Crippen molar-refractivity contribution in [2.24, 2.45) is 0 Å². The molecule has 28 heavy (non-hydrogen) atoms.